The van der Waals surface area contributed by atoms with Crippen molar-refractivity contribution in [2.75, 3.05) is 11.5 Å². The number of pyridine rings is 1. The summed E-state index contributed by atoms with van der Waals surface area (Å²) in [5.74, 6) is 1.13. The number of nitrogen functional groups attached to an aromatic ring is 2. The minimum Gasteiger partial charge on any atom is -0.489 e. The van der Waals surface area contributed by atoms with E-state index in [2.05, 4.69) is 20.9 Å². The highest BCUT2D eigenvalue weighted by atomic mass is 79.9. The van der Waals surface area contributed by atoms with Crippen LogP contribution in [0, 0.1) is 0 Å². The van der Waals surface area contributed by atoms with Crippen LogP contribution in [0.1, 0.15) is 5.56 Å². The van der Waals surface area contributed by atoms with Crippen molar-refractivity contribution in [3.63, 3.8) is 0 Å². The van der Waals surface area contributed by atoms with Gasteiger partial charge in [0.05, 0.1) is 5.69 Å². The molecule has 1 aromatic heterocycles. The lowest BCUT2D eigenvalue weighted by molar-refractivity contribution is 0.306. The van der Waals surface area contributed by atoms with Crippen LogP contribution in [0.2, 0.25) is 0 Å². The van der Waals surface area contributed by atoms with E-state index < -0.39 is 0 Å². The number of benzene rings is 2. The van der Waals surface area contributed by atoms with Gasteiger partial charge in [-0.25, -0.2) is 4.98 Å². The van der Waals surface area contributed by atoms with Gasteiger partial charge in [0, 0.05) is 16.2 Å². The molecule has 0 saturated carbocycles. The number of nitrogens with zero attached hydrogens (tertiary/aromatic N) is 1. The van der Waals surface area contributed by atoms with E-state index in [0.29, 0.717) is 18.1 Å². The van der Waals surface area contributed by atoms with Crippen molar-refractivity contribution >= 4 is 27.4 Å². The lowest BCUT2D eigenvalue weighted by atomic mass is 10.1. The molecule has 23 heavy (non-hydrogen) atoms. The van der Waals surface area contributed by atoms with Crippen LogP contribution in [0.4, 0.5) is 11.5 Å². The van der Waals surface area contributed by atoms with E-state index in [0.717, 1.165) is 26.9 Å². The van der Waals surface area contributed by atoms with Crippen LogP contribution in [-0.2, 0) is 6.61 Å². The number of hydrogen-bond donors (Lipinski definition) is 2. The monoisotopic (exact) mass is 369 g/mol. The van der Waals surface area contributed by atoms with Gasteiger partial charge in [-0.1, -0.05) is 42.5 Å². The SMILES string of the molecule is Nc1ncc(Br)c(-c2ccc(OCc3ccccc3)cc2)c1N. The summed E-state index contributed by atoms with van der Waals surface area (Å²) in [6.07, 6.45) is 1.65. The number of rotatable bonds is 4. The summed E-state index contributed by atoms with van der Waals surface area (Å²) in [6, 6.07) is 17.8. The molecular formula is C18H16BrN3O. The van der Waals surface area contributed by atoms with Crippen molar-refractivity contribution in [1.29, 1.82) is 0 Å². The van der Waals surface area contributed by atoms with Crippen LogP contribution in [0.25, 0.3) is 11.1 Å². The third-order valence-electron chi connectivity index (χ3n) is 3.49. The standard InChI is InChI=1S/C18H16BrN3O/c19-15-10-22-18(21)17(20)16(15)13-6-8-14(9-7-13)23-11-12-4-2-1-3-5-12/h1-10H,11,20H2,(H2,21,22). The van der Waals surface area contributed by atoms with E-state index in [4.69, 9.17) is 16.2 Å². The first-order valence-electron chi connectivity index (χ1n) is 7.12. The number of ether oxygens (including phenoxy) is 1. The molecule has 0 fully saturated rings. The lowest BCUT2D eigenvalue weighted by Gasteiger charge is -2.11. The van der Waals surface area contributed by atoms with Gasteiger partial charge in [-0.15, -0.1) is 0 Å². The molecule has 5 heteroatoms. The minimum atomic E-state index is 0.326. The number of hydrogen-bond acceptors (Lipinski definition) is 4. The highest BCUT2D eigenvalue weighted by Gasteiger charge is 2.11. The van der Waals surface area contributed by atoms with Gasteiger partial charge in [0.1, 0.15) is 18.2 Å². The maximum Gasteiger partial charge on any atom is 0.147 e. The molecule has 4 N–H and O–H groups in total. The van der Waals surface area contributed by atoms with Crippen LogP contribution >= 0.6 is 15.9 Å². The van der Waals surface area contributed by atoms with Gasteiger partial charge in [-0.3, -0.25) is 0 Å². The van der Waals surface area contributed by atoms with Gasteiger partial charge in [-0.2, -0.15) is 0 Å². The van der Waals surface area contributed by atoms with Gasteiger partial charge in [-0.05, 0) is 39.2 Å². The second-order valence-corrected chi connectivity index (χ2v) is 5.93. The first-order valence-corrected chi connectivity index (χ1v) is 7.91. The van der Waals surface area contributed by atoms with Crippen LogP contribution in [0.3, 0.4) is 0 Å². The fourth-order valence-electron chi connectivity index (χ4n) is 2.27. The summed E-state index contributed by atoms with van der Waals surface area (Å²) in [5, 5.41) is 0. The molecule has 2 aromatic carbocycles. The van der Waals surface area contributed by atoms with Gasteiger partial charge < -0.3 is 16.2 Å². The number of halogens is 1. The predicted molar refractivity (Wildman–Crippen MR) is 97.0 cm³/mol. The van der Waals surface area contributed by atoms with Crippen LogP contribution < -0.4 is 16.2 Å². The molecule has 116 valence electrons. The Labute approximate surface area is 143 Å². The molecular weight excluding hydrogens is 354 g/mol. The van der Waals surface area contributed by atoms with Gasteiger partial charge in [0.15, 0.2) is 0 Å². The summed E-state index contributed by atoms with van der Waals surface area (Å²) in [5.41, 5.74) is 15.2. The molecule has 0 spiro atoms. The summed E-state index contributed by atoms with van der Waals surface area (Å²) in [7, 11) is 0. The third-order valence-corrected chi connectivity index (χ3v) is 4.09. The Morgan fingerprint density at radius 2 is 1.65 bits per heavy atom. The molecule has 3 rings (SSSR count). The predicted octanol–water partition coefficient (Wildman–Crippen LogP) is 4.25. The number of nitrogens with two attached hydrogens (primary N) is 2. The maximum absolute atomic E-state index is 6.04. The Kier molecular flexibility index (Phi) is 4.48. The van der Waals surface area contributed by atoms with E-state index in [-0.39, 0.29) is 0 Å². The van der Waals surface area contributed by atoms with Crippen molar-refractivity contribution in [1.82, 2.24) is 4.98 Å². The topological polar surface area (TPSA) is 74.2 Å². The van der Waals surface area contributed by atoms with Crippen LogP contribution in [0.15, 0.2) is 65.3 Å². The third kappa shape index (κ3) is 3.46. The number of aromatic nitrogens is 1. The maximum atomic E-state index is 6.04. The van der Waals surface area contributed by atoms with Crippen LogP contribution in [-0.4, -0.2) is 4.98 Å². The zero-order chi connectivity index (χ0) is 16.2. The van der Waals surface area contributed by atoms with Crippen molar-refractivity contribution in [3.8, 4) is 16.9 Å². The fraction of sp³-hybridized carbons (Fsp3) is 0.0556. The Balaban J connectivity index is 1.79. The van der Waals surface area contributed by atoms with Crippen molar-refractivity contribution in [3.05, 3.63) is 70.8 Å². The average molecular weight is 370 g/mol. The fourth-order valence-corrected chi connectivity index (χ4v) is 2.81. The van der Waals surface area contributed by atoms with Gasteiger partial charge >= 0.3 is 0 Å². The van der Waals surface area contributed by atoms with E-state index in [9.17, 15) is 0 Å². The second-order valence-electron chi connectivity index (χ2n) is 5.08. The summed E-state index contributed by atoms with van der Waals surface area (Å²) in [6.45, 7) is 0.536. The summed E-state index contributed by atoms with van der Waals surface area (Å²) >= 11 is 3.47. The Bertz CT molecular complexity index is 805. The van der Waals surface area contributed by atoms with Gasteiger partial charge in [0.2, 0.25) is 0 Å². The van der Waals surface area contributed by atoms with E-state index in [1.807, 2.05) is 54.6 Å². The minimum absolute atomic E-state index is 0.326. The molecule has 1 heterocycles. The van der Waals surface area contributed by atoms with E-state index in [1.54, 1.807) is 6.20 Å². The zero-order valence-corrected chi connectivity index (χ0v) is 14.0. The van der Waals surface area contributed by atoms with Crippen LogP contribution in [0.5, 0.6) is 5.75 Å². The molecule has 0 unspecified atom stereocenters. The van der Waals surface area contributed by atoms with E-state index in [1.165, 1.54) is 0 Å². The normalized spacial score (nSPS) is 10.5. The number of anilines is 2. The molecule has 0 aliphatic carbocycles. The first kappa shape index (κ1) is 15.4. The molecule has 0 saturated heterocycles. The summed E-state index contributed by atoms with van der Waals surface area (Å²) in [4.78, 5) is 4.03. The second kappa shape index (κ2) is 6.71. The highest BCUT2D eigenvalue weighted by molar-refractivity contribution is 9.10. The highest BCUT2D eigenvalue weighted by Crippen LogP contribution is 2.36. The average Bonchev–Trinajstić information content (AvgIpc) is 2.59. The Hall–Kier alpha value is -2.53. The smallest absolute Gasteiger partial charge is 0.147 e. The summed E-state index contributed by atoms with van der Waals surface area (Å²) < 4.78 is 6.59. The van der Waals surface area contributed by atoms with Gasteiger partial charge in [0.25, 0.3) is 0 Å². The quantitative estimate of drug-likeness (QED) is 0.720. The van der Waals surface area contributed by atoms with Crippen molar-refractivity contribution in [2.45, 2.75) is 6.61 Å². The molecule has 0 amide bonds. The molecule has 3 aromatic rings. The van der Waals surface area contributed by atoms with E-state index >= 15 is 0 Å². The zero-order valence-electron chi connectivity index (χ0n) is 12.4. The Morgan fingerprint density at radius 3 is 2.35 bits per heavy atom. The molecule has 0 bridgehead atoms. The molecule has 0 aliphatic rings. The molecule has 4 nitrogen and oxygen atoms in total. The lowest BCUT2D eigenvalue weighted by Crippen LogP contribution is -2.00. The molecule has 0 atom stereocenters. The van der Waals surface area contributed by atoms with Crippen molar-refractivity contribution in [2.24, 2.45) is 0 Å². The largest absolute Gasteiger partial charge is 0.489 e. The molecule has 0 aliphatic heterocycles. The van der Waals surface area contributed by atoms with Crippen molar-refractivity contribution < 1.29 is 4.74 Å². The Morgan fingerprint density at radius 1 is 0.957 bits per heavy atom. The first-order chi connectivity index (χ1) is 11.1. The molecule has 0 radical (unpaired) electrons.